The van der Waals surface area contributed by atoms with Crippen LogP contribution in [0.1, 0.15) is 51.0 Å². The molecule has 166 valence electrons. The van der Waals surface area contributed by atoms with E-state index in [0.717, 1.165) is 6.42 Å². The van der Waals surface area contributed by atoms with Crippen LogP contribution in [0, 0.1) is 11.8 Å². The highest BCUT2D eigenvalue weighted by atomic mass is 16.2. The van der Waals surface area contributed by atoms with Crippen LogP contribution < -0.4 is 5.32 Å². The lowest BCUT2D eigenvalue weighted by molar-refractivity contribution is -0.140. The fourth-order valence-electron chi connectivity index (χ4n) is 4.83. The average molecular weight is 427 g/mol. The molecule has 0 spiro atoms. The first-order valence-electron chi connectivity index (χ1n) is 11.0. The minimum absolute atomic E-state index is 0.00372. The largest absolute Gasteiger partial charge is 0.354 e. The Morgan fingerprint density at radius 2 is 2.03 bits per heavy atom. The number of piperazine rings is 1. The summed E-state index contributed by atoms with van der Waals surface area (Å²) in [5.74, 6) is -0.289. The molecule has 4 rings (SSSR count). The molecule has 0 aliphatic carbocycles. The Balaban J connectivity index is 1.55. The van der Waals surface area contributed by atoms with Crippen molar-refractivity contribution in [3.05, 3.63) is 30.2 Å². The van der Waals surface area contributed by atoms with E-state index in [1.807, 2.05) is 18.7 Å². The van der Waals surface area contributed by atoms with E-state index >= 15 is 0 Å². The number of fused-ring (bicyclic) bond motifs is 2. The summed E-state index contributed by atoms with van der Waals surface area (Å²) in [6.45, 7) is 8.49. The molecule has 31 heavy (non-hydrogen) atoms. The quantitative estimate of drug-likeness (QED) is 0.778. The van der Waals surface area contributed by atoms with Gasteiger partial charge in [-0.2, -0.15) is 5.10 Å². The molecule has 3 amide bonds. The second-order valence-electron chi connectivity index (χ2n) is 9.29. The number of carbonyl (C=O) groups is 3. The van der Waals surface area contributed by atoms with Gasteiger partial charge in [-0.15, -0.1) is 0 Å². The fourth-order valence-corrected chi connectivity index (χ4v) is 4.83. The van der Waals surface area contributed by atoms with E-state index in [1.54, 1.807) is 33.9 Å². The molecule has 3 atom stereocenters. The van der Waals surface area contributed by atoms with Gasteiger partial charge in [0, 0.05) is 37.1 Å². The smallest absolute Gasteiger partial charge is 0.274 e. The van der Waals surface area contributed by atoms with Crippen molar-refractivity contribution in [2.75, 3.05) is 13.1 Å². The van der Waals surface area contributed by atoms with E-state index in [1.165, 1.54) is 0 Å². The maximum Gasteiger partial charge on any atom is 0.274 e. The van der Waals surface area contributed by atoms with Crippen LogP contribution in [0.4, 0.5) is 0 Å². The number of carbonyl (C=O) groups excluding carboxylic acids is 3. The van der Waals surface area contributed by atoms with Gasteiger partial charge >= 0.3 is 0 Å². The Bertz CT molecular complexity index is 967. The number of aromatic nitrogens is 3. The fraction of sp³-hybridized carbons (Fsp3) is 0.591. The third-order valence-corrected chi connectivity index (χ3v) is 6.01. The van der Waals surface area contributed by atoms with Crippen molar-refractivity contribution in [2.45, 2.75) is 58.7 Å². The van der Waals surface area contributed by atoms with E-state index in [-0.39, 0.29) is 54.0 Å². The van der Waals surface area contributed by atoms with E-state index in [4.69, 9.17) is 0 Å². The Morgan fingerprint density at radius 1 is 1.26 bits per heavy atom. The topological polar surface area (TPSA) is 99.9 Å². The van der Waals surface area contributed by atoms with Crippen molar-refractivity contribution in [1.82, 2.24) is 29.7 Å². The van der Waals surface area contributed by atoms with Gasteiger partial charge < -0.3 is 15.1 Å². The van der Waals surface area contributed by atoms with Gasteiger partial charge in [0.1, 0.15) is 6.54 Å². The molecule has 2 fully saturated rings. The van der Waals surface area contributed by atoms with Gasteiger partial charge in [-0.25, -0.2) is 9.50 Å². The molecule has 2 aromatic rings. The SMILES string of the molecule is CC(C)C[C@H]1[C@@H](C(=O)NC(C)C)C[C@H]2CN(C(=O)c3cc4ncccn4n3)CC(=O)N21. The van der Waals surface area contributed by atoms with Crippen LogP contribution in [-0.4, -0.2) is 73.3 Å². The molecule has 9 heteroatoms. The van der Waals surface area contributed by atoms with Gasteiger partial charge in [0.15, 0.2) is 11.3 Å². The van der Waals surface area contributed by atoms with E-state index in [9.17, 15) is 14.4 Å². The molecule has 0 bridgehead atoms. The number of hydrogen-bond acceptors (Lipinski definition) is 5. The van der Waals surface area contributed by atoms with Crippen LogP contribution in [0.5, 0.6) is 0 Å². The molecule has 9 nitrogen and oxygen atoms in total. The second-order valence-corrected chi connectivity index (χ2v) is 9.29. The lowest BCUT2D eigenvalue weighted by Gasteiger charge is -2.40. The molecule has 4 heterocycles. The molecule has 1 N–H and O–H groups in total. The summed E-state index contributed by atoms with van der Waals surface area (Å²) in [6, 6.07) is 3.13. The molecular formula is C22H30N6O3. The van der Waals surface area contributed by atoms with Crippen LogP contribution >= 0.6 is 0 Å². The molecule has 0 aromatic carbocycles. The molecule has 2 aliphatic heterocycles. The highest BCUT2D eigenvalue weighted by Crippen LogP contribution is 2.37. The van der Waals surface area contributed by atoms with Crippen molar-refractivity contribution < 1.29 is 14.4 Å². The normalized spacial score (nSPS) is 23.7. The zero-order valence-electron chi connectivity index (χ0n) is 18.5. The Labute approximate surface area is 181 Å². The molecule has 2 aromatic heterocycles. The van der Waals surface area contributed by atoms with Crippen molar-refractivity contribution >= 4 is 23.4 Å². The molecule has 0 unspecified atom stereocenters. The first kappa shape index (κ1) is 21.3. The summed E-state index contributed by atoms with van der Waals surface area (Å²) in [7, 11) is 0. The number of nitrogens with zero attached hydrogens (tertiary/aromatic N) is 5. The van der Waals surface area contributed by atoms with Crippen molar-refractivity contribution in [3.8, 4) is 0 Å². The molecule has 0 saturated carbocycles. The van der Waals surface area contributed by atoms with E-state index in [0.29, 0.717) is 24.5 Å². The van der Waals surface area contributed by atoms with Gasteiger partial charge in [0.2, 0.25) is 11.8 Å². The summed E-state index contributed by atoms with van der Waals surface area (Å²) < 4.78 is 1.55. The molecule has 2 aliphatic rings. The van der Waals surface area contributed by atoms with Crippen molar-refractivity contribution in [1.29, 1.82) is 0 Å². The van der Waals surface area contributed by atoms with Gasteiger partial charge in [-0.1, -0.05) is 13.8 Å². The lowest BCUT2D eigenvalue weighted by atomic mass is 9.91. The third kappa shape index (κ3) is 4.13. The predicted molar refractivity (Wildman–Crippen MR) is 114 cm³/mol. The van der Waals surface area contributed by atoms with Gasteiger partial charge in [0.05, 0.1) is 12.0 Å². The van der Waals surface area contributed by atoms with Crippen LogP contribution in [-0.2, 0) is 9.59 Å². The molecule has 0 radical (unpaired) electrons. The number of amides is 3. The maximum atomic E-state index is 13.1. The summed E-state index contributed by atoms with van der Waals surface area (Å²) >= 11 is 0. The highest BCUT2D eigenvalue weighted by molar-refractivity contribution is 5.97. The summed E-state index contributed by atoms with van der Waals surface area (Å²) in [5.41, 5.74) is 0.852. The first-order valence-corrected chi connectivity index (χ1v) is 11.0. The van der Waals surface area contributed by atoms with E-state index in [2.05, 4.69) is 29.2 Å². The standard InChI is InChI=1S/C22H30N6O3/c1-13(2)8-18-16(21(30)24-14(3)4)9-15-11-26(12-20(29)28(15)18)22(31)17-10-19-23-6-5-7-27(19)25-17/h5-7,10,13-16,18H,8-9,11-12H2,1-4H3,(H,24,30)/t15-,16-,18-/m0/s1. The van der Waals surface area contributed by atoms with Crippen LogP contribution in [0.2, 0.25) is 0 Å². The third-order valence-electron chi connectivity index (χ3n) is 6.01. The van der Waals surface area contributed by atoms with E-state index < -0.39 is 0 Å². The molecule has 2 saturated heterocycles. The number of rotatable bonds is 5. The van der Waals surface area contributed by atoms with Crippen molar-refractivity contribution in [2.24, 2.45) is 11.8 Å². The van der Waals surface area contributed by atoms with Crippen LogP contribution in [0.3, 0.4) is 0 Å². The molecular weight excluding hydrogens is 396 g/mol. The monoisotopic (exact) mass is 426 g/mol. The maximum absolute atomic E-state index is 13.1. The van der Waals surface area contributed by atoms with Gasteiger partial charge in [-0.3, -0.25) is 14.4 Å². The Morgan fingerprint density at radius 3 is 2.71 bits per heavy atom. The first-order chi connectivity index (χ1) is 14.7. The van der Waals surface area contributed by atoms with Crippen molar-refractivity contribution in [3.63, 3.8) is 0 Å². The Kier molecular flexibility index (Phi) is 5.68. The average Bonchev–Trinajstić information content (AvgIpc) is 3.28. The minimum atomic E-state index is -0.283. The summed E-state index contributed by atoms with van der Waals surface area (Å²) in [5, 5.41) is 7.31. The minimum Gasteiger partial charge on any atom is -0.354 e. The van der Waals surface area contributed by atoms with Crippen LogP contribution in [0.25, 0.3) is 5.65 Å². The predicted octanol–water partition coefficient (Wildman–Crippen LogP) is 1.34. The van der Waals surface area contributed by atoms with Gasteiger partial charge in [-0.05, 0) is 38.7 Å². The lowest BCUT2D eigenvalue weighted by Crippen LogP contribution is -2.58. The zero-order valence-corrected chi connectivity index (χ0v) is 18.5. The highest BCUT2D eigenvalue weighted by Gasteiger charge is 2.50. The summed E-state index contributed by atoms with van der Waals surface area (Å²) in [4.78, 5) is 46.7. The Hall–Kier alpha value is -2.97. The zero-order chi connectivity index (χ0) is 22.3. The summed E-state index contributed by atoms with van der Waals surface area (Å²) in [6.07, 6.45) is 4.71. The van der Waals surface area contributed by atoms with Crippen LogP contribution in [0.15, 0.2) is 24.5 Å². The second kappa shape index (κ2) is 8.28. The van der Waals surface area contributed by atoms with Gasteiger partial charge in [0.25, 0.3) is 5.91 Å². The number of nitrogens with one attached hydrogen (secondary N) is 1. The number of hydrogen-bond donors (Lipinski definition) is 1.